The Kier molecular flexibility index (Phi) is 10.7. The largest absolute Gasteiger partial charge is 0.497 e. The van der Waals surface area contributed by atoms with Gasteiger partial charge in [-0.05, 0) is 121 Å². The highest BCUT2D eigenvalue weighted by Gasteiger charge is 2.31. The average molecular weight is 563 g/mol. The maximum atomic E-state index is 13.2. The van der Waals surface area contributed by atoms with Gasteiger partial charge in [0.2, 0.25) is 15.9 Å². The van der Waals surface area contributed by atoms with Gasteiger partial charge < -0.3 is 19.9 Å². The van der Waals surface area contributed by atoms with Crippen LogP contribution in [0.15, 0.2) is 17.0 Å². The molecule has 0 unspecified atom stereocenters. The Balaban J connectivity index is 1.16. The summed E-state index contributed by atoms with van der Waals surface area (Å²) < 4.78 is 33.0. The van der Waals surface area contributed by atoms with Crippen LogP contribution in [0.1, 0.15) is 75.3 Å². The van der Waals surface area contributed by atoms with Crippen molar-refractivity contribution in [3.05, 3.63) is 23.3 Å². The molecule has 1 saturated carbocycles. The summed E-state index contributed by atoms with van der Waals surface area (Å²) in [6.45, 7) is 10.0. The molecular formula is C30H50N4O4S. The lowest BCUT2D eigenvalue weighted by atomic mass is 9.87. The first kappa shape index (κ1) is 30.3. The van der Waals surface area contributed by atoms with E-state index in [0.717, 1.165) is 31.6 Å². The standard InChI is InChI=1S/C30H50N4O4S/c1-23-20-28(38-4)21-24(2)30(23)39(36,37)32(3)17-14-29(35)31-26-8-10-27(11-9-26)34-18-12-25(13-19-34)22-33-15-6-5-7-16-33/h20-21,25-27H,5-19,22H2,1-4H3,(H,31,35). The summed E-state index contributed by atoms with van der Waals surface area (Å²) in [6, 6.07) is 4.29. The monoisotopic (exact) mass is 562 g/mol. The number of piperidine rings is 2. The molecule has 3 aliphatic rings. The molecular weight excluding hydrogens is 512 g/mol. The number of carbonyl (C=O) groups is 1. The summed E-state index contributed by atoms with van der Waals surface area (Å²) in [5.41, 5.74) is 1.29. The molecule has 220 valence electrons. The topological polar surface area (TPSA) is 82.2 Å². The molecule has 1 aliphatic carbocycles. The van der Waals surface area contributed by atoms with Crippen LogP contribution in [-0.2, 0) is 14.8 Å². The van der Waals surface area contributed by atoms with Gasteiger partial charge in [0.05, 0.1) is 12.0 Å². The quantitative estimate of drug-likeness (QED) is 0.465. The van der Waals surface area contributed by atoms with Gasteiger partial charge in [-0.3, -0.25) is 4.79 Å². The highest BCUT2D eigenvalue weighted by Crippen LogP contribution is 2.29. The lowest BCUT2D eigenvalue weighted by Crippen LogP contribution is -2.48. The lowest BCUT2D eigenvalue weighted by Gasteiger charge is -2.42. The molecule has 3 fully saturated rings. The van der Waals surface area contributed by atoms with Gasteiger partial charge in [0.15, 0.2) is 0 Å². The number of hydrogen-bond donors (Lipinski definition) is 1. The lowest BCUT2D eigenvalue weighted by molar-refractivity contribution is -0.122. The van der Waals surface area contributed by atoms with E-state index in [9.17, 15) is 13.2 Å². The summed E-state index contributed by atoms with van der Waals surface area (Å²) >= 11 is 0. The number of methoxy groups -OCH3 is 1. The molecule has 0 aromatic heterocycles. The van der Waals surface area contributed by atoms with Crippen LogP contribution in [0, 0.1) is 19.8 Å². The molecule has 4 rings (SSSR count). The first-order chi connectivity index (χ1) is 18.7. The molecule has 0 bridgehead atoms. The number of benzene rings is 1. The maximum absolute atomic E-state index is 13.2. The Bertz CT molecular complexity index is 1030. The fourth-order valence-electron chi connectivity index (χ4n) is 6.86. The third-order valence-corrected chi connectivity index (χ3v) is 11.3. The minimum absolute atomic E-state index is 0.0674. The number of likely N-dealkylation sites (tertiary alicyclic amines) is 2. The first-order valence-electron chi connectivity index (χ1n) is 15.0. The van der Waals surface area contributed by atoms with Crippen molar-refractivity contribution < 1.29 is 17.9 Å². The van der Waals surface area contributed by atoms with Gasteiger partial charge in [-0.15, -0.1) is 0 Å². The van der Waals surface area contributed by atoms with Crippen LogP contribution >= 0.6 is 0 Å². The second-order valence-electron chi connectivity index (χ2n) is 12.1. The van der Waals surface area contributed by atoms with E-state index in [0.29, 0.717) is 27.8 Å². The van der Waals surface area contributed by atoms with Crippen LogP contribution in [0.2, 0.25) is 0 Å². The van der Waals surface area contributed by atoms with Gasteiger partial charge in [-0.1, -0.05) is 6.42 Å². The van der Waals surface area contributed by atoms with Gasteiger partial charge in [0.25, 0.3) is 0 Å². The van der Waals surface area contributed by atoms with Gasteiger partial charge in [0.1, 0.15) is 5.75 Å². The highest BCUT2D eigenvalue weighted by molar-refractivity contribution is 7.89. The predicted molar refractivity (Wildman–Crippen MR) is 156 cm³/mol. The zero-order valence-electron chi connectivity index (χ0n) is 24.6. The number of amides is 1. The number of rotatable bonds is 10. The number of nitrogens with zero attached hydrogens (tertiary/aromatic N) is 3. The molecule has 1 amide bonds. The number of carbonyl (C=O) groups excluding carboxylic acids is 1. The predicted octanol–water partition coefficient (Wildman–Crippen LogP) is 3.95. The number of hydrogen-bond acceptors (Lipinski definition) is 6. The molecule has 39 heavy (non-hydrogen) atoms. The van der Waals surface area contributed by atoms with Crippen molar-refractivity contribution in [1.82, 2.24) is 19.4 Å². The van der Waals surface area contributed by atoms with Crippen molar-refractivity contribution in [2.75, 3.05) is 53.4 Å². The van der Waals surface area contributed by atoms with Crippen LogP contribution in [0.25, 0.3) is 0 Å². The summed E-state index contributed by atoms with van der Waals surface area (Å²) in [5.74, 6) is 1.43. The van der Waals surface area contributed by atoms with Crippen LogP contribution in [0.4, 0.5) is 0 Å². The van der Waals surface area contributed by atoms with Crippen molar-refractivity contribution in [2.24, 2.45) is 5.92 Å². The van der Waals surface area contributed by atoms with Gasteiger partial charge >= 0.3 is 0 Å². The molecule has 1 aromatic carbocycles. The molecule has 2 saturated heterocycles. The normalized spacial score (nSPS) is 24.1. The van der Waals surface area contributed by atoms with Crippen molar-refractivity contribution >= 4 is 15.9 Å². The number of nitrogens with one attached hydrogen (secondary N) is 1. The van der Waals surface area contributed by atoms with Crippen LogP contribution in [-0.4, -0.2) is 93.9 Å². The Morgan fingerprint density at radius 2 is 1.59 bits per heavy atom. The van der Waals surface area contributed by atoms with Crippen LogP contribution in [0.3, 0.4) is 0 Å². The second kappa shape index (κ2) is 13.8. The zero-order valence-corrected chi connectivity index (χ0v) is 25.4. The first-order valence-corrected chi connectivity index (χ1v) is 16.5. The van der Waals surface area contributed by atoms with E-state index in [2.05, 4.69) is 15.1 Å². The van der Waals surface area contributed by atoms with E-state index >= 15 is 0 Å². The number of aryl methyl sites for hydroxylation is 2. The molecule has 2 heterocycles. The van der Waals surface area contributed by atoms with Crippen molar-refractivity contribution in [1.29, 1.82) is 0 Å². The Morgan fingerprint density at radius 3 is 2.18 bits per heavy atom. The molecule has 1 N–H and O–H groups in total. The molecule has 0 radical (unpaired) electrons. The smallest absolute Gasteiger partial charge is 0.243 e. The van der Waals surface area contributed by atoms with E-state index in [1.54, 1.807) is 40.1 Å². The van der Waals surface area contributed by atoms with E-state index in [1.807, 2.05) is 0 Å². The Labute approximate surface area is 236 Å². The van der Waals surface area contributed by atoms with Crippen molar-refractivity contribution in [2.45, 2.75) is 95.0 Å². The fraction of sp³-hybridized carbons (Fsp3) is 0.767. The SMILES string of the molecule is COc1cc(C)c(S(=O)(=O)N(C)CCC(=O)NC2CCC(N3CCC(CN4CCCCC4)CC3)CC2)c(C)c1. The van der Waals surface area contributed by atoms with Crippen molar-refractivity contribution in [3.63, 3.8) is 0 Å². The van der Waals surface area contributed by atoms with Gasteiger partial charge in [-0.25, -0.2) is 12.7 Å². The van der Waals surface area contributed by atoms with E-state index in [1.165, 1.54) is 69.1 Å². The minimum Gasteiger partial charge on any atom is -0.497 e. The molecule has 1 aromatic rings. The molecule has 0 spiro atoms. The highest BCUT2D eigenvalue weighted by atomic mass is 32.2. The molecule has 2 aliphatic heterocycles. The van der Waals surface area contributed by atoms with E-state index in [4.69, 9.17) is 4.74 Å². The number of sulfonamides is 1. The number of ether oxygens (including phenoxy) is 1. The zero-order chi connectivity index (χ0) is 28.0. The summed E-state index contributed by atoms with van der Waals surface area (Å²) in [7, 11) is -0.580. The van der Waals surface area contributed by atoms with Gasteiger partial charge in [0, 0.05) is 38.6 Å². The molecule has 8 nitrogen and oxygen atoms in total. The van der Waals surface area contributed by atoms with Crippen LogP contribution < -0.4 is 10.1 Å². The summed E-state index contributed by atoms with van der Waals surface area (Å²) in [6.07, 6.45) is 11.2. The Morgan fingerprint density at radius 1 is 0.974 bits per heavy atom. The molecule has 0 atom stereocenters. The Hall–Kier alpha value is -1.68. The fourth-order valence-corrected chi connectivity index (χ4v) is 8.44. The minimum atomic E-state index is -3.70. The maximum Gasteiger partial charge on any atom is 0.243 e. The van der Waals surface area contributed by atoms with Crippen LogP contribution in [0.5, 0.6) is 5.75 Å². The molecule has 9 heteroatoms. The van der Waals surface area contributed by atoms with Gasteiger partial charge in [-0.2, -0.15) is 0 Å². The third kappa shape index (κ3) is 7.96. The summed E-state index contributed by atoms with van der Waals surface area (Å²) in [5, 5.41) is 3.18. The third-order valence-electron chi connectivity index (χ3n) is 9.18. The van der Waals surface area contributed by atoms with E-state index in [-0.39, 0.29) is 24.9 Å². The average Bonchev–Trinajstić information content (AvgIpc) is 2.92. The van der Waals surface area contributed by atoms with Crippen molar-refractivity contribution in [3.8, 4) is 5.75 Å². The summed E-state index contributed by atoms with van der Waals surface area (Å²) in [4.78, 5) is 18.4. The second-order valence-corrected chi connectivity index (χ2v) is 14.1. The van der Waals surface area contributed by atoms with E-state index < -0.39 is 10.0 Å².